The number of halogens is 4. The zero-order chi connectivity index (χ0) is 16.3. The van der Waals surface area contributed by atoms with Gasteiger partial charge in [0.15, 0.2) is 0 Å². The van der Waals surface area contributed by atoms with E-state index in [4.69, 9.17) is 0 Å². The fourth-order valence-corrected chi connectivity index (χ4v) is 3.80. The van der Waals surface area contributed by atoms with E-state index >= 15 is 0 Å². The highest BCUT2D eigenvalue weighted by atomic mass is 79.9. The van der Waals surface area contributed by atoms with Crippen molar-refractivity contribution in [2.24, 2.45) is 0 Å². The summed E-state index contributed by atoms with van der Waals surface area (Å²) in [6, 6.07) is 8.01. The van der Waals surface area contributed by atoms with E-state index in [9.17, 15) is 18.4 Å². The lowest BCUT2D eigenvalue weighted by atomic mass is 10.2. The van der Waals surface area contributed by atoms with Crippen LogP contribution in [0.1, 0.15) is 20.7 Å². The molecule has 0 amide bonds. The van der Waals surface area contributed by atoms with Crippen LogP contribution in [0.3, 0.4) is 0 Å². The molecule has 0 atom stereocenters. The Kier molecular flexibility index (Phi) is 6.19. The number of hydrogen-bond acceptors (Lipinski definition) is 4. The number of rotatable bonds is 2. The van der Waals surface area contributed by atoms with Gasteiger partial charge in [0.1, 0.15) is 11.6 Å². The lowest BCUT2D eigenvalue weighted by molar-refractivity contribution is 0.107. The zero-order valence-electron chi connectivity index (χ0n) is 10.6. The van der Waals surface area contributed by atoms with Crippen LogP contribution >= 0.6 is 53.4 Å². The molecule has 0 aliphatic rings. The van der Waals surface area contributed by atoms with Gasteiger partial charge in [-0.3, -0.25) is 9.59 Å². The van der Waals surface area contributed by atoms with Gasteiger partial charge in [-0.15, -0.1) is 0 Å². The Labute approximate surface area is 149 Å². The number of carbonyl (C=O) groups is 2. The zero-order valence-corrected chi connectivity index (χ0v) is 15.4. The van der Waals surface area contributed by atoms with E-state index in [-0.39, 0.29) is 11.1 Å². The van der Waals surface area contributed by atoms with Gasteiger partial charge in [0.2, 0.25) is 10.2 Å². The van der Waals surface area contributed by atoms with Crippen molar-refractivity contribution in [3.63, 3.8) is 0 Å². The fourth-order valence-electron chi connectivity index (χ4n) is 1.48. The highest BCUT2D eigenvalue weighted by Crippen LogP contribution is 2.32. The molecule has 0 bridgehead atoms. The SMILES string of the molecule is O=C(SSC(=O)c1ccc(Br)cc1F)c1ccc(Br)cc1F. The first-order chi connectivity index (χ1) is 10.4. The van der Waals surface area contributed by atoms with Gasteiger partial charge in [0.05, 0.1) is 11.1 Å². The minimum Gasteiger partial charge on any atom is -0.281 e. The summed E-state index contributed by atoms with van der Waals surface area (Å²) in [6.07, 6.45) is 0. The Morgan fingerprint density at radius 3 is 1.45 bits per heavy atom. The maximum absolute atomic E-state index is 13.6. The molecule has 0 saturated carbocycles. The summed E-state index contributed by atoms with van der Waals surface area (Å²) >= 11 is 6.18. The largest absolute Gasteiger partial charge is 0.281 e. The molecule has 0 fully saturated rings. The minimum absolute atomic E-state index is 0.134. The van der Waals surface area contributed by atoms with Crippen LogP contribution < -0.4 is 0 Å². The van der Waals surface area contributed by atoms with Gasteiger partial charge in [-0.25, -0.2) is 8.78 Å². The molecule has 114 valence electrons. The summed E-state index contributed by atoms with van der Waals surface area (Å²) in [7, 11) is 1.12. The van der Waals surface area contributed by atoms with Crippen molar-refractivity contribution >= 4 is 63.7 Å². The molecule has 0 aliphatic carbocycles. The minimum atomic E-state index is -0.685. The van der Waals surface area contributed by atoms with E-state index in [1.165, 1.54) is 24.3 Å². The second kappa shape index (κ2) is 7.72. The lowest BCUT2D eigenvalue weighted by Gasteiger charge is -2.03. The topological polar surface area (TPSA) is 34.1 Å². The molecule has 0 aromatic heterocycles. The summed E-state index contributed by atoms with van der Waals surface area (Å²) in [4.78, 5) is 23.8. The molecule has 2 nitrogen and oxygen atoms in total. The predicted molar refractivity (Wildman–Crippen MR) is 92.0 cm³/mol. The third kappa shape index (κ3) is 4.41. The van der Waals surface area contributed by atoms with Gasteiger partial charge in [-0.2, -0.15) is 0 Å². The molecule has 2 aromatic rings. The highest BCUT2D eigenvalue weighted by molar-refractivity contribution is 9.10. The number of benzene rings is 2. The first kappa shape index (κ1) is 17.7. The molecule has 0 aliphatic heterocycles. The third-order valence-electron chi connectivity index (χ3n) is 2.50. The van der Waals surface area contributed by atoms with Crippen molar-refractivity contribution in [3.8, 4) is 0 Å². The number of carbonyl (C=O) groups excluding carboxylic acids is 2. The van der Waals surface area contributed by atoms with Crippen LogP contribution in [-0.4, -0.2) is 10.2 Å². The standard InChI is InChI=1S/C14H6Br2F2O2S2/c15-7-1-3-9(11(17)5-7)13(19)21-22-14(20)10-4-2-8(16)6-12(10)18/h1-6H. The predicted octanol–water partition coefficient (Wildman–Crippen LogP) is 5.85. The Morgan fingerprint density at radius 1 is 0.773 bits per heavy atom. The van der Waals surface area contributed by atoms with E-state index in [0.717, 1.165) is 12.1 Å². The van der Waals surface area contributed by atoms with E-state index in [2.05, 4.69) is 31.9 Å². The maximum Gasteiger partial charge on any atom is 0.233 e. The second-order valence-electron chi connectivity index (χ2n) is 3.99. The average Bonchev–Trinajstić information content (AvgIpc) is 2.44. The number of hydrogen-bond donors (Lipinski definition) is 0. The molecule has 2 aromatic carbocycles. The maximum atomic E-state index is 13.6. The van der Waals surface area contributed by atoms with Crippen LogP contribution in [0, 0.1) is 11.6 Å². The molecule has 0 radical (unpaired) electrons. The molecule has 0 saturated heterocycles. The molecular weight excluding hydrogens is 462 g/mol. The summed E-state index contributed by atoms with van der Waals surface area (Å²) < 4.78 is 28.3. The smallest absolute Gasteiger partial charge is 0.233 e. The molecule has 0 N–H and O–H groups in total. The third-order valence-corrected chi connectivity index (χ3v) is 5.47. The molecule has 2 rings (SSSR count). The summed E-state index contributed by atoms with van der Waals surface area (Å²) in [5.41, 5.74) is -0.269. The van der Waals surface area contributed by atoms with Crippen molar-refractivity contribution in [1.29, 1.82) is 0 Å². The van der Waals surface area contributed by atoms with Gasteiger partial charge in [0.25, 0.3) is 0 Å². The van der Waals surface area contributed by atoms with Crippen LogP contribution in [0.2, 0.25) is 0 Å². The molecule has 22 heavy (non-hydrogen) atoms. The average molecular weight is 468 g/mol. The Bertz CT molecular complexity index is 690. The van der Waals surface area contributed by atoms with E-state index < -0.39 is 21.9 Å². The quantitative estimate of drug-likeness (QED) is 0.518. The molecule has 0 heterocycles. The normalized spacial score (nSPS) is 10.5. The van der Waals surface area contributed by atoms with Gasteiger partial charge in [-0.05, 0) is 58.0 Å². The molecule has 0 spiro atoms. The first-order valence-electron chi connectivity index (χ1n) is 5.72. The Balaban J connectivity index is 2.06. The lowest BCUT2D eigenvalue weighted by Crippen LogP contribution is -2.00. The van der Waals surface area contributed by atoms with Crippen molar-refractivity contribution in [2.75, 3.05) is 0 Å². The van der Waals surface area contributed by atoms with E-state index in [0.29, 0.717) is 30.5 Å². The second-order valence-corrected chi connectivity index (χ2v) is 7.90. The monoisotopic (exact) mass is 466 g/mol. The Morgan fingerprint density at radius 2 is 1.14 bits per heavy atom. The van der Waals surface area contributed by atoms with Crippen molar-refractivity contribution < 1.29 is 18.4 Å². The fraction of sp³-hybridized carbons (Fsp3) is 0. The summed E-state index contributed by atoms with van der Waals surface area (Å²) in [5.74, 6) is -1.37. The van der Waals surface area contributed by atoms with Crippen LogP contribution in [0.15, 0.2) is 45.3 Å². The van der Waals surface area contributed by atoms with Crippen LogP contribution in [0.4, 0.5) is 8.78 Å². The van der Waals surface area contributed by atoms with Crippen LogP contribution in [0.25, 0.3) is 0 Å². The van der Waals surface area contributed by atoms with E-state index in [1.54, 1.807) is 0 Å². The summed E-state index contributed by atoms with van der Waals surface area (Å²) in [5, 5.41) is -1.22. The van der Waals surface area contributed by atoms with E-state index in [1.807, 2.05) is 0 Å². The van der Waals surface area contributed by atoms with Crippen molar-refractivity contribution in [1.82, 2.24) is 0 Å². The van der Waals surface area contributed by atoms with Gasteiger partial charge in [0, 0.05) is 8.95 Å². The van der Waals surface area contributed by atoms with Gasteiger partial charge in [-0.1, -0.05) is 31.9 Å². The van der Waals surface area contributed by atoms with Gasteiger partial charge >= 0.3 is 0 Å². The molecular formula is C14H6Br2F2O2S2. The highest BCUT2D eigenvalue weighted by Gasteiger charge is 2.18. The van der Waals surface area contributed by atoms with Crippen LogP contribution in [0.5, 0.6) is 0 Å². The van der Waals surface area contributed by atoms with Crippen LogP contribution in [-0.2, 0) is 0 Å². The molecule has 0 unspecified atom stereocenters. The first-order valence-corrected chi connectivity index (χ1v) is 9.45. The van der Waals surface area contributed by atoms with Crippen molar-refractivity contribution in [2.45, 2.75) is 0 Å². The van der Waals surface area contributed by atoms with Crippen molar-refractivity contribution in [3.05, 3.63) is 68.1 Å². The molecule has 8 heteroatoms. The summed E-state index contributed by atoms with van der Waals surface area (Å²) in [6.45, 7) is 0. The Hall–Kier alpha value is -0.700. The van der Waals surface area contributed by atoms with Gasteiger partial charge < -0.3 is 0 Å².